The lowest BCUT2D eigenvalue weighted by atomic mass is 9.99. The number of amides is 2. The van der Waals surface area contributed by atoms with E-state index in [1.807, 2.05) is 0 Å². The zero-order valence-corrected chi connectivity index (χ0v) is 13.9. The van der Waals surface area contributed by atoms with Gasteiger partial charge in [-0.05, 0) is 18.9 Å². The number of rotatable bonds is 2. The first-order chi connectivity index (χ1) is 11.5. The Bertz CT molecular complexity index is 613. The zero-order chi connectivity index (χ0) is 17.1. The number of alkyl halides is 1. The van der Waals surface area contributed by atoms with Gasteiger partial charge in [-0.3, -0.25) is 4.79 Å². The molecule has 3 rings (SSSR count). The molecule has 0 bridgehead atoms. The van der Waals surface area contributed by atoms with Gasteiger partial charge in [-0.2, -0.15) is 0 Å². The summed E-state index contributed by atoms with van der Waals surface area (Å²) in [5, 5.41) is 0.431. The number of likely N-dealkylation sites (tertiary alicyclic amines) is 2. The smallest absolute Gasteiger partial charge is 0.391 e. The summed E-state index contributed by atoms with van der Waals surface area (Å²) in [4.78, 5) is 31.2. The first-order valence-corrected chi connectivity index (χ1v) is 8.42. The van der Waals surface area contributed by atoms with Crippen LogP contribution in [0.2, 0.25) is 5.02 Å². The molecule has 2 aliphatic rings. The van der Waals surface area contributed by atoms with E-state index >= 15 is 0 Å². The van der Waals surface area contributed by atoms with Gasteiger partial charge >= 0.3 is 6.09 Å². The maximum absolute atomic E-state index is 14.1. The molecule has 130 valence electrons. The van der Waals surface area contributed by atoms with E-state index in [1.165, 1.54) is 17.2 Å². The van der Waals surface area contributed by atoms with E-state index in [4.69, 9.17) is 16.3 Å². The Kier molecular flexibility index (Phi) is 5.18. The van der Waals surface area contributed by atoms with Crippen molar-refractivity contribution < 1.29 is 18.7 Å². The van der Waals surface area contributed by atoms with Crippen LogP contribution in [0.3, 0.4) is 0 Å². The predicted molar refractivity (Wildman–Crippen MR) is 85.7 cm³/mol. The minimum absolute atomic E-state index is 0.0352. The van der Waals surface area contributed by atoms with Gasteiger partial charge in [0.2, 0.25) is 11.8 Å². The van der Waals surface area contributed by atoms with Gasteiger partial charge in [0, 0.05) is 38.2 Å². The third-order valence-corrected chi connectivity index (χ3v) is 4.55. The monoisotopic (exact) mass is 355 g/mol. The van der Waals surface area contributed by atoms with E-state index in [0.29, 0.717) is 18.0 Å². The summed E-state index contributed by atoms with van der Waals surface area (Å²) in [5.41, 5.74) is 0. The molecule has 8 heteroatoms. The van der Waals surface area contributed by atoms with Gasteiger partial charge < -0.3 is 14.5 Å². The molecule has 2 fully saturated rings. The number of ether oxygens (including phenoxy) is 1. The Labute approximate surface area is 144 Å². The fourth-order valence-corrected chi connectivity index (χ4v) is 3.29. The number of aromatic nitrogens is 1. The summed E-state index contributed by atoms with van der Waals surface area (Å²) in [6.07, 6.45) is 2.06. The van der Waals surface area contributed by atoms with Gasteiger partial charge in [-0.15, -0.1) is 0 Å². The van der Waals surface area contributed by atoms with Gasteiger partial charge in [0.1, 0.15) is 6.17 Å². The molecule has 1 aromatic rings. The molecule has 0 spiro atoms. The van der Waals surface area contributed by atoms with E-state index < -0.39 is 12.3 Å². The van der Waals surface area contributed by atoms with E-state index in [0.717, 1.165) is 12.8 Å². The molecular weight excluding hydrogens is 337 g/mol. The quantitative estimate of drug-likeness (QED) is 0.818. The summed E-state index contributed by atoms with van der Waals surface area (Å²) in [5.74, 6) is 0.143. The highest BCUT2D eigenvalue weighted by Gasteiger charge is 2.36. The highest BCUT2D eigenvalue weighted by Crippen LogP contribution is 2.23. The predicted octanol–water partition coefficient (Wildman–Crippen LogP) is 2.66. The third kappa shape index (κ3) is 3.95. The van der Waals surface area contributed by atoms with E-state index in [-0.39, 0.29) is 37.3 Å². The Morgan fingerprint density at radius 2 is 2.17 bits per heavy atom. The molecule has 2 saturated heterocycles. The number of piperidine rings is 2. The second-order valence-corrected chi connectivity index (χ2v) is 6.56. The highest BCUT2D eigenvalue weighted by atomic mass is 35.5. The number of nitrogens with zero attached hydrogens (tertiary/aromatic N) is 3. The van der Waals surface area contributed by atoms with Crippen LogP contribution in [-0.2, 0) is 4.79 Å². The molecule has 1 unspecified atom stereocenters. The van der Waals surface area contributed by atoms with Crippen molar-refractivity contribution in [3.05, 3.63) is 23.4 Å². The summed E-state index contributed by atoms with van der Waals surface area (Å²) < 4.78 is 19.3. The van der Waals surface area contributed by atoms with E-state index in [2.05, 4.69) is 4.98 Å². The molecular formula is C16H19ClFN3O3. The molecule has 0 radical (unpaired) electrons. The average Bonchev–Trinajstić information content (AvgIpc) is 2.57. The minimum atomic E-state index is -1.18. The van der Waals surface area contributed by atoms with Crippen LogP contribution in [0.15, 0.2) is 18.3 Å². The van der Waals surface area contributed by atoms with Crippen LogP contribution in [-0.4, -0.2) is 58.6 Å². The van der Waals surface area contributed by atoms with Crippen LogP contribution in [0.25, 0.3) is 0 Å². The normalized spacial score (nSPS) is 24.8. The zero-order valence-electron chi connectivity index (χ0n) is 13.2. The van der Waals surface area contributed by atoms with E-state index in [1.54, 1.807) is 11.0 Å². The van der Waals surface area contributed by atoms with Crippen molar-refractivity contribution >= 4 is 23.6 Å². The molecule has 6 nitrogen and oxygen atoms in total. The molecule has 0 aliphatic carbocycles. The van der Waals surface area contributed by atoms with Crippen molar-refractivity contribution in [2.24, 2.45) is 0 Å². The van der Waals surface area contributed by atoms with Crippen molar-refractivity contribution in [3.63, 3.8) is 0 Å². The Morgan fingerprint density at radius 1 is 1.33 bits per heavy atom. The van der Waals surface area contributed by atoms with Crippen LogP contribution < -0.4 is 4.74 Å². The molecule has 24 heavy (non-hydrogen) atoms. The van der Waals surface area contributed by atoms with Gasteiger partial charge in [0.15, 0.2) is 0 Å². The second-order valence-electron chi connectivity index (χ2n) is 6.12. The van der Waals surface area contributed by atoms with Crippen LogP contribution in [0.1, 0.15) is 25.7 Å². The summed E-state index contributed by atoms with van der Waals surface area (Å²) in [7, 11) is 0. The van der Waals surface area contributed by atoms with Gasteiger partial charge in [-0.25, -0.2) is 14.2 Å². The van der Waals surface area contributed by atoms with Gasteiger partial charge in [0.05, 0.1) is 17.6 Å². The Hall–Kier alpha value is -1.89. The molecule has 0 aromatic carbocycles. The van der Waals surface area contributed by atoms with Crippen molar-refractivity contribution in [2.75, 3.05) is 19.6 Å². The fourth-order valence-electron chi connectivity index (χ4n) is 3.18. The van der Waals surface area contributed by atoms with Crippen LogP contribution in [0, 0.1) is 0 Å². The second kappa shape index (κ2) is 7.34. The molecule has 0 N–H and O–H groups in total. The summed E-state index contributed by atoms with van der Waals surface area (Å²) in [6, 6.07) is 2.73. The highest BCUT2D eigenvalue weighted by molar-refractivity contribution is 6.30. The number of hydrogen-bond acceptors (Lipinski definition) is 4. The Balaban J connectivity index is 1.65. The fraction of sp³-hybridized carbons (Fsp3) is 0.562. The minimum Gasteiger partial charge on any atom is -0.391 e. The molecule has 0 saturated carbocycles. The topological polar surface area (TPSA) is 62.7 Å². The largest absolute Gasteiger partial charge is 0.416 e. The lowest BCUT2D eigenvalue weighted by molar-refractivity contribution is -0.137. The summed E-state index contributed by atoms with van der Waals surface area (Å²) in [6.45, 7) is 0.862. The number of pyridine rings is 1. The SMILES string of the molecule is O=C(Oc1ccc(Cl)cn1)N1CC(N2CCCCC2=O)C[C@H](F)C1. The van der Waals surface area contributed by atoms with Crippen LogP contribution >= 0.6 is 11.6 Å². The van der Waals surface area contributed by atoms with Crippen molar-refractivity contribution in [1.29, 1.82) is 0 Å². The number of hydrogen-bond donors (Lipinski definition) is 0. The van der Waals surface area contributed by atoms with Crippen molar-refractivity contribution in [2.45, 2.75) is 37.9 Å². The number of carbonyl (C=O) groups is 2. The maximum Gasteiger partial charge on any atom is 0.416 e. The molecule has 3 heterocycles. The molecule has 2 atom stereocenters. The van der Waals surface area contributed by atoms with Crippen molar-refractivity contribution in [3.8, 4) is 5.88 Å². The standard InChI is InChI=1S/C16H19ClFN3O3/c17-11-4-5-14(19-8-11)24-16(23)20-9-12(18)7-13(10-20)21-6-2-1-3-15(21)22/h4-5,8,12-13H,1-3,6-7,9-10H2/t12-,13?/m0/s1. The Morgan fingerprint density at radius 3 is 2.88 bits per heavy atom. The van der Waals surface area contributed by atoms with Gasteiger partial charge in [-0.1, -0.05) is 11.6 Å². The third-order valence-electron chi connectivity index (χ3n) is 4.33. The average molecular weight is 356 g/mol. The lowest BCUT2D eigenvalue weighted by Gasteiger charge is -2.41. The summed E-state index contributed by atoms with van der Waals surface area (Å²) >= 11 is 5.73. The van der Waals surface area contributed by atoms with Gasteiger partial charge in [0.25, 0.3) is 0 Å². The van der Waals surface area contributed by atoms with Crippen LogP contribution in [0.4, 0.5) is 9.18 Å². The molecule has 2 amide bonds. The molecule has 1 aromatic heterocycles. The van der Waals surface area contributed by atoms with Crippen LogP contribution in [0.5, 0.6) is 5.88 Å². The van der Waals surface area contributed by atoms with Crippen molar-refractivity contribution in [1.82, 2.24) is 14.8 Å². The first-order valence-electron chi connectivity index (χ1n) is 8.05. The number of carbonyl (C=O) groups excluding carboxylic acids is 2. The first kappa shape index (κ1) is 17.0. The molecule has 2 aliphatic heterocycles. The maximum atomic E-state index is 14.1. The van der Waals surface area contributed by atoms with E-state index in [9.17, 15) is 14.0 Å². The lowest BCUT2D eigenvalue weighted by Crippen LogP contribution is -2.56. The number of halogens is 2.